The maximum absolute atomic E-state index is 12.4. The average molecular weight is 427 g/mol. The van der Waals surface area contributed by atoms with E-state index in [-0.39, 0.29) is 35.3 Å². The topological polar surface area (TPSA) is 102 Å². The molecule has 8 nitrogen and oxygen atoms in total. The minimum Gasteiger partial charge on any atom is -0.483 e. The maximum atomic E-state index is 12.4. The molecule has 0 atom stereocenters. The number of rotatable bonds is 8. The van der Waals surface area contributed by atoms with Crippen LogP contribution in [0.4, 0.5) is 0 Å². The molecule has 0 bridgehead atoms. The summed E-state index contributed by atoms with van der Waals surface area (Å²) in [6.45, 7) is 8.22. The summed E-state index contributed by atoms with van der Waals surface area (Å²) in [5.41, 5.74) is 0.630. The smallest absolute Gasteiger partial charge is 0.309 e. The van der Waals surface area contributed by atoms with E-state index >= 15 is 0 Å². The van der Waals surface area contributed by atoms with Gasteiger partial charge in [-0.25, -0.2) is 13.1 Å². The van der Waals surface area contributed by atoms with Crippen molar-refractivity contribution in [2.24, 2.45) is 5.92 Å². The highest BCUT2D eigenvalue weighted by molar-refractivity contribution is 7.89. The Morgan fingerprint density at radius 1 is 1.24 bits per heavy atom. The van der Waals surface area contributed by atoms with Gasteiger partial charge in [-0.2, -0.15) is 0 Å². The molecule has 1 aromatic carbocycles. The van der Waals surface area contributed by atoms with Crippen LogP contribution in [0.3, 0.4) is 0 Å². The van der Waals surface area contributed by atoms with Crippen molar-refractivity contribution >= 4 is 21.9 Å². The van der Waals surface area contributed by atoms with Gasteiger partial charge in [0.15, 0.2) is 6.61 Å². The Balaban J connectivity index is 1.90. The largest absolute Gasteiger partial charge is 0.483 e. The molecule has 1 fully saturated rings. The first-order valence-corrected chi connectivity index (χ1v) is 11.3. The second kappa shape index (κ2) is 10.1. The molecule has 162 valence electrons. The van der Waals surface area contributed by atoms with E-state index in [1.54, 1.807) is 38.7 Å². The van der Waals surface area contributed by atoms with Crippen LogP contribution in [0.25, 0.3) is 0 Å². The SMILES string of the molecule is CCOC(=O)C1CCN(C(=O)COc2ccc(S(=O)(=O)NC(C)C)cc2C)CC1. The van der Waals surface area contributed by atoms with Crippen LogP contribution in [0.5, 0.6) is 5.75 Å². The van der Waals surface area contributed by atoms with E-state index in [2.05, 4.69) is 4.72 Å². The third kappa shape index (κ3) is 6.43. The first-order valence-electron chi connectivity index (χ1n) is 9.84. The van der Waals surface area contributed by atoms with E-state index in [1.807, 2.05) is 0 Å². The lowest BCUT2D eigenvalue weighted by Crippen LogP contribution is -2.42. The Labute approximate surface area is 172 Å². The van der Waals surface area contributed by atoms with Crippen LogP contribution < -0.4 is 9.46 Å². The molecular formula is C20H30N2O6S. The van der Waals surface area contributed by atoms with Crippen LogP contribution in [0, 0.1) is 12.8 Å². The van der Waals surface area contributed by atoms with Crippen LogP contribution in [0.15, 0.2) is 23.1 Å². The molecule has 0 radical (unpaired) electrons. The molecule has 29 heavy (non-hydrogen) atoms. The quantitative estimate of drug-likeness (QED) is 0.637. The van der Waals surface area contributed by atoms with Crippen LogP contribution in [-0.2, 0) is 24.3 Å². The fourth-order valence-electron chi connectivity index (χ4n) is 3.18. The van der Waals surface area contributed by atoms with Crippen molar-refractivity contribution in [1.29, 1.82) is 0 Å². The van der Waals surface area contributed by atoms with Crippen LogP contribution in [0.2, 0.25) is 0 Å². The number of carbonyl (C=O) groups is 2. The number of amides is 1. The molecule has 1 heterocycles. The van der Waals surface area contributed by atoms with Crippen molar-refractivity contribution in [2.75, 3.05) is 26.3 Å². The Morgan fingerprint density at radius 2 is 1.90 bits per heavy atom. The highest BCUT2D eigenvalue weighted by Gasteiger charge is 2.28. The third-order valence-corrected chi connectivity index (χ3v) is 6.32. The van der Waals surface area contributed by atoms with Gasteiger partial charge in [-0.05, 0) is 64.3 Å². The van der Waals surface area contributed by atoms with Crippen molar-refractivity contribution in [3.05, 3.63) is 23.8 Å². The first-order chi connectivity index (χ1) is 13.6. The molecule has 0 unspecified atom stereocenters. The van der Waals surface area contributed by atoms with Crippen molar-refractivity contribution in [3.63, 3.8) is 0 Å². The minimum atomic E-state index is -3.58. The lowest BCUT2D eigenvalue weighted by molar-refractivity contribution is -0.151. The summed E-state index contributed by atoms with van der Waals surface area (Å²) < 4.78 is 37.7. The van der Waals surface area contributed by atoms with E-state index < -0.39 is 10.0 Å². The fraction of sp³-hybridized carbons (Fsp3) is 0.600. The van der Waals surface area contributed by atoms with E-state index in [4.69, 9.17) is 9.47 Å². The van der Waals surface area contributed by atoms with Gasteiger partial charge in [0.25, 0.3) is 5.91 Å². The number of ether oxygens (including phenoxy) is 2. The monoisotopic (exact) mass is 426 g/mol. The van der Waals surface area contributed by atoms with Gasteiger partial charge in [-0.1, -0.05) is 0 Å². The minimum absolute atomic E-state index is 0.138. The summed E-state index contributed by atoms with van der Waals surface area (Å²) in [5, 5.41) is 0. The van der Waals surface area contributed by atoms with Gasteiger partial charge in [-0.15, -0.1) is 0 Å². The summed E-state index contributed by atoms with van der Waals surface area (Å²) in [6, 6.07) is 4.34. The summed E-state index contributed by atoms with van der Waals surface area (Å²) in [5.74, 6) is -0.0577. The van der Waals surface area contributed by atoms with Gasteiger partial charge < -0.3 is 14.4 Å². The number of piperidine rings is 1. The number of hydrogen-bond donors (Lipinski definition) is 1. The molecule has 0 spiro atoms. The predicted octanol–water partition coefficient (Wildman–Crippen LogP) is 1.86. The second-order valence-electron chi connectivity index (χ2n) is 7.40. The van der Waals surface area contributed by atoms with E-state index in [9.17, 15) is 18.0 Å². The Morgan fingerprint density at radius 3 is 2.45 bits per heavy atom. The predicted molar refractivity (Wildman–Crippen MR) is 108 cm³/mol. The fourth-order valence-corrected chi connectivity index (χ4v) is 4.52. The highest BCUT2D eigenvalue weighted by atomic mass is 32.2. The molecule has 9 heteroatoms. The average Bonchev–Trinajstić information content (AvgIpc) is 2.66. The van der Waals surface area contributed by atoms with Gasteiger partial charge in [0.05, 0.1) is 17.4 Å². The molecule has 0 aromatic heterocycles. The number of sulfonamides is 1. The lowest BCUT2D eigenvalue weighted by atomic mass is 9.97. The van der Waals surface area contributed by atoms with Gasteiger partial charge >= 0.3 is 5.97 Å². The molecule has 2 rings (SSSR count). The van der Waals surface area contributed by atoms with Crippen molar-refractivity contribution < 1.29 is 27.5 Å². The van der Waals surface area contributed by atoms with E-state index in [1.165, 1.54) is 12.1 Å². The van der Waals surface area contributed by atoms with Gasteiger partial charge in [0.1, 0.15) is 5.75 Å². The zero-order chi connectivity index (χ0) is 21.6. The molecule has 0 aliphatic carbocycles. The zero-order valence-electron chi connectivity index (χ0n) is 17.4. The molecule has 1 N–H and O–H groups in total. The Bertz CT molecular complexity index is 829. The van der Waals surface area contributed by atoms with Crippen molar-refractivity contribution in [3.8, 4) is 5.75 Å². The van der Waals surface area contributed by atoms with Crippen LogP contribution in [-0.4, -0.2) is 57.5 Å². The van der Waals surface area contributed by atoms with Crippen LogP contribution in [0.1, 0.15) is 39.2 Å². The maximum Gasteiger partial charge on any atom is 0.309 e. The Kier molecular flexibility index (Phi) is 8.04. The summed E-state index contributed by atoms with van der Waals surface area (Å²) in [6.07, 6.45) is 1.16. The summed E-state index contributed by atoms with van der Waals surface area (Å²) in [7, 11) is -3.58. The zero-order valence-corrected chi connectivity index (χ0v) is 18.3. The van der Waals surface area contributed by atoms with Crippen LogP contribution >= 0.6 is 0 Å². The van der Waals surface area contributed by atoms with E-state index in [0.717, 1.165) is 0 Å². The third-order valence-electron chi connectivity index (χ3n) is 4.67. The van der Waals surface area contributed by atoms with Gasteiger partial charge in [-0.3, -0.25) is 9.59 Å². The van der Waals surface area contributed by atoms with Gasteiger partial charge in [0.2, 0.25) is 10.0 Å². The number of hydrogen-bond acceptors (Lipinski definition) is 6. The summed E-state index contributed by atoms with van der Waals surface area (Å²) >= 11 is 0. The number of likely N-dealkylation sites (tertiary alicyclic amines) is 1. The number of carbonyl (C=O) groups excluding carboxylic acids is 2. The molecule has 1 aromatic rings. The normalized spacial score (nSPS) is 15.4. The first kappa shape index (κ1) is 23.2. The number of benzene rings is 1. The molecule has 1 amide bonds. The molecular weight excluding hydrogens is 396 g/mol. The lowest BCUT2D eigenvalue weighted by Gasteiger charge is -2.30. The molecule has 1 aliphatic rings. The standard InChI is InChI=1S/C20H30N2O6S/c1-5-27-20(24)16-8-10-22(11-9-16)19(23)13-28-18-7-6-17(12-15(18)4)29(25,26)21-14(2)3/h6-7,12,14,16,21H,5,8-11,13H2,1-4H3. The van der Waals surface area contributed by atoms with Crippen molar-refractivity contribution in [2.45, 2.75) is 51.5 Å². The van der Waals surface area contributed by atoms with E-state index in [0.29, 0.717) is 43.9 Å². The molecule has 1 saturated heterocycles. The van der Waals surface area contributed by atoms with Gasteiger partial charge in [0, 0.05) is 19.1 Å². The highest BCUT2D eigenvalue weighted by Crippen LogP contribution is 2.23. The molecule has 1 aliphatic heterocycles. The second-order valence-corrected chi connectivity index (χ2v) is 9.11. The number of nitrogens with zero attached hydrogens (tertiary/aromatic N) is 1. The van der Waals surface area contributed by atoms with Crippen molar-refractivity contribution in [1.82, 2.24) is 9.62 Å². The Hall–Kier alpha value is -2.13. The number of aryl methyl sites for hydroxylation is 1. The number of esters is 1. The molecule has 0 saturated carbocycles. The summed E-state index contributed by atoms with van der Waals surface area (Å²) in [4.78, 5) is 26.0. The number of nitrogens with one attached hydrogen (secondary N) is 1.